The quantitative estimate of drug-likeness (QED) is 0.630. The van der Waals surface area contributed by atoms with Crippen LogP contribution in [0, 0.1) is 6.92 Å². The molecule has 0 amide bonds. The van der Waals surface area contributed by atoms with Gasteiger partial charge in [0.15, 0.2) is 11.6 Å². The number of hydrogen-bond acceptors (Lipinski definition) is 2. The van der Waals surface area contributed by atoms with Gasteiger partial charge in [-0.3, -0.25) is 4.57 Å². The van der Waals surface area contributed by atoms with Crippen LogP contribution in [0.15, 0.2) is 53.0 Å². The molecule has 0 fully saturated rings. The van der Waals surface area contributed by atoms with Gasteiger partial charge in [-0.2, -0.15) is 0 Å². The highest BCUT2D eigenvalue weighted by atomic mass is 79.9. The van der Waals surface area contributed by atoms with Crippen molar-refractivity contribution < 1.29 is 0 Å². The van der Waals surface area contributed by atoms with Crippen molar-refractivity contribution in [3.63, 3.8) is 0 Å². The summed E-state index contributed by atoms with van der Waals surface area (Å²) in [6, 6.07) is 16.2. The van der Waals surface area contributed by atoms with E-state index in [9.17, 15) is 0 Å². The molecule has 0 radical (unpaired) electrons. The lowest BCUT2D eigenvalue weighted by molar-refractivity contribution is 0.953. The van der Waals surface area contributed by atoms with E-state index < -0.39 is 0 Å². The Bertz CT molecular complexity index is 768. The number of benzene rings is 2. The van der Waals surface area contributed by atoms with Gasteiger partial charge in [0.1, 0.15) is 0 Å². The van der Waals surface area contributed by atoms with Crippen LogP contribution in [0.5, 0.6) is 0 Å². The Morgan fingerprint density at radius 2 is 1.86 bits per heavy atom. The summed E-state index contributed by atoms with van der Waals surface area (Å²) in [5.41, 5.74) is 3.19. The van der Waals surface area contributed by atoms with Crippen LogP contribution < -0.4 is 0 Å². The van der Waals surface area contributed by atoms with Crippen LogP contribution in [-0.4, -0.2) is 14.8 Å². The number of alkyl halides is 1. The van der Waals surface area contributed by atoms with E-state index in [2.05, 4.69) is 45.2 Å². The fraction of sp³-hybridized carbons (Fsp3) is 0.125. The smallest absolute Gasteiger partial charge is 0.168 e. The second-order valence-corrected chi connectivity index (χ2v) is 5.83. The first kappa shape index (κ1) is 14.3. The predicted molar refractivity (Wildman–Crippen MR) is 88.8 cm³/mol. The molecule has 0 N–H and O–H groups in total. The Balaban J connectivity index is 2.20. The second kappa shape index (κ2) is 6.00. The minimum absolute atomic E-state index is 0.314. The zero-order valence-corrected chi connectivity index (χ0v) is 13.8. The molecule has 3 aromatic rings. The van der Waals surface area contributed by atoms with Crippen LogP contribution >= 0.6 is 27.5 Å². The first-order valence-corrected chi connectivity index (χ1v) is 7.85. The molecular formula is C16H13BrClN3. The van der Waals surface area contributed by atoms with Gasteiger partial charge in [0.05, 0.1) is 5.88 Å². The third-order valence-electron chi connectivity index (χ3n) is 3.29. The molecule has 1 aromatic heterocycles. The van der Waals surface area contributed by atoms with Gasteiger partial charge in [-0.05, 0) is 30.7 Å². The lowest BCUT2D eigenvalue weighted by atomic mass is 10.1. The van der Waals surface area contributed by atoms with Crippen molar-refractivity contribution in [1.29, 1.82) is 0 Å². The number of nitrogens with zero attached hydrogens (tertiary/aromatic N) is 3. The summed E-state index contributed by atoms with van der Waals surface area (Å²) in [6.07, 6.45) is 0. The Morgan fingerprint density at radius 3 is 2.52 bits per heavy atom. The fourth-order valence-corrected chi connectivity index (χ4v) is 2.72. The highest BCUT2D eigenvalue weighted by Gasteiger charge is 2.15. The van der Waals surface area contributed by atoms with Gasteiger partial charge in [-0.25, -0.2) is 0 Å². The number of hydrogen-bond donors (Lipinski definition) is 0. The Kier molecular flexibility index (Phi) is 4.08. The molecule has 0 spiro atoms. The van der Waals surface area contributed by atoms with Crippen molar-refractivity contribution in [1.82, 2.24) is 14.8 Å². The number of halogens is 2. The summed E-state index contributed by atoms with van der Waals surface area (Å²) in [7, 11) is 0. The van der Waals surface area contributed by atoms with Crippen molar-refractivity contribution in [2.75, 3.05) is 0 Å². The van der Waals surface area contributed by atoms with Crippen LogP contribution in [0.4, 0.5) is 0 Å². The zero-order valence-electron chi connectivity index (χ0n) is 11.4. The predicted octanol–water partition coefficient (Wildman–Crippen LogP) is 4.74. The van der Waals surface area contributed by atoms with Gasteiger partial charge in [0, 0.05) is 15.7 Å². The lowest BCUT2D eigenvalue weighted by Gasteiger charge is -2.10. The van der Waals surface area contributed by atoms with E-state index in [1.807, 2.05) is 41.0 Å². The number of para-hydroxylation sites is 1. The maximum Gasteiger partial charge on any atom is 0.168 e. The molecular weight excluding hydrogens is 350 g/mol. The molecule has 0 aliphatic carbocycles. The Labute approximate surface area is 136 Å². The van der Waals surface area contributed by atoms with Crippen molar-refractivity contribution >= 4 is 27.5 Å². The molecule has 21 heavy (non-hydrogen) atoms. The average molecular weight is 363 g/mol. The molecule has 3 rings (SSSR count). The minimum Gasteiger partial charge on any atom is -0.278 e. The molecule has 5 heteroatoms. The zero-order chi connectivity index (χ0) is 14.8. The molecule has 1 heterocycles. The Morgan fingerprint density at radius 1 is 1.10 bits per heavy atom. The Hall–Kier alpha value is -1.65. The normalized spacial score (nSPS) is 10.8. The summed E-state index contributed by atoms with van der Waals surface area (Å²) in [5.74, 6) is 1.83. The molecule has 0 bridgehead atoms. The molecule has 0 aliphatic heterocycles. The summed E-state index contributed by atoms with van der Waals surface area (Å²) in [5, 5.41) is 8.52. The number of rotatable bonds is 3. The van der Waals surface area contributed by atoms with E-state index in [1.54, 1.807) is 0 Å². The summed E-state index contributed by atoms with van der Waals surface area (Å²) < 4.78 is 3.04. The van der Waals surface area contributed by atoms with Crippen LogP contribution in [0.2, 0.25) is 0 Å². The summed E-state index contributed by atoms with van der Waals surface area (Å²) in [6.45, 7) is 2.06. The second-order valence-electron chi connectivity index (χ2n) is 4.71. The van der Waals surface area contributed by atoms with Crippen LogP contribution in [0.3, 0.4) is 0 Å². The maximum atomic E-state index is 6.01. The highest BCUT2D eigenvalue weighted by Crippen LogP contribution is 2.27. The summed E-state index contributed by atoms with van der Waals surface area (Å²) >= 11 is 9.57. The van der Waals surface area contributed by atoms with Crippen molar-refractivity contribution in [2.24, 2.45) is 0 Å². The SMILES string of the molecule is Cc1ccc(-c2nnc(CCl)n2-c2ccccc2)cc1Br. The molecule has 0 saturated heterocycles. The maximum absolute atomic E-state index is 6.01. The van der Waals surface area contributed by atoms with Crippen LogP contribution in [0.25, 0.3) is 17.1 Å². The van der Waals surface area contributed by atoms with E-state index >= 15 is 0 Å². The molecule has 0 unspecified atom stereocenters. The van der Waals surface area contributed by atoms with E-state index in [0.717, 1.165) is 27.4 Å². The van der Waals surface area contributed by atoms with E-state index in [-0.39, 0.29) is 0 Å². The first-order valence-electron chi connectivity index (χ1n) is 6.53. The molecule has 3 nitrogen and oxygen atoms in total. The van der Waals surface area contributed by atoms with E-state index in [0.29, 0.717) is 5.88 Å². The lowest BCUT2D eigenvalue weighted by Crippen LogP contribution is -2.01. The topological polar surface area (TPSA) is 30.7 Å². The van der Waals surface area contributed by atoms with Crippen molar-refractivity contribution in [2.45, 2.75) is 12.8 Å². The molecule has 0 aliphatic rings. The van der Waals surface area contributed by atoms with Gasteiger partial charge in [-0.1, -0.05) is 46.3 Å². The third-order valence-corrected chi connectivity index (χ3v) is 4.39. The molecule has 2 aromatic carbocycles. The minimum atomic E-state index is 0.314. The molecule has 0 saturated carbocycles. The van der Waals surface area contributed by atoms with Gasteiger partial charge in [0.25, 0.3) is 0 Å². The number of aromatic nitrogens is 3. The number of aryl methyl sites for hydroxylation is 1. The first-order chi connectivity index (χ1) is 10.2. The highest BCUT2D eigenvalue weighted by molar-refractivity contribution is 9.10. The standard InChI is InChI=1S/C16H13BrClN3/c1-11-7-8-12(9-14(11)17)16-20-19-15(10-18)21(16)13-5-3-2-4-6-13/h2-9H,10H2,1H3. The molecule has 0 atom stereocenters. The van der Waals surface area contributed by atoms with Crippen molar-refractivity contribution in [3.05, 3.63) is 64.4 Å². The average Bonchev–Trinajstić information content (AvgIpc) is 2.95. The van der Waals surface area contributed by atoms with E-state index in [4.69, 9.17) is 11.6 Å². The largest absolute Gasteiger partial charge is 0.278 e. The van der Waals surface area contributed by atoms with Crippen LogP contribution in [-0.2, 0) is 5.88 Å². The third kappa shape index (κ3) is 2.74. The van der Waals surface area contributed by atoms with E-state index in [1.165, 1.54) is 5.56 Å². The summed E-state index contributed by atoms with van der Waals surface area (Å²) in [4.78, 5) is 0. The van der Waals surface area contributed by atoms with Gasteiger partial charge < -0.3 is 0 Å². The fourth-order valence-electron chi connectivity index (χ4n) is 2.17. The molecule has 106 valence electrons. The van der Waals surface area contributed by atoms with Gasteiger partial charge in [0.2, 0.25) is 0 Å². The van der Waals surface area contributed by atoms with Crippen molar-refractivity contribution in [3.8, 4) is 17.1 Å². The van der Waals surface area contributed by atoms with Gasteiger partial charge in [-0.15, -0.1) is 21.8 Å². The monoisotopic (exact) mass is 361 g/mol. The van der Waals surface area contributed by atoms with Crippen LogP contribution in [0.1, 0.15) is 11.4 Å². The van der Waals surface area contributed by atoms with Gasteiger partial charge >= 0.3 is 0 Å².